The first-order valence-corrected chi connectivity index (χ1v) is 5.76. The molecule has 0 fully saturated rings. The third-order valence-electron chi connectivity index (χ3n) is 3.01. The number of amides is 1. The zero-order valence-electron chi connectivity index (χ0n) is 10.7. The van der Waals surface area contributed by atoms with Crippen molar-refractivity contribution in [3.8, 4) is 5.75 Å². The third kappa shape index (κ3) is 2.57. The number of aliphatic carboxylic acids is 1. The molecule has 1 heterocycles. The standard InChI is InChI=1S/C13H14N2O4/c1-8(16)15-7-11(12(14-15)13(17)18)9-3-5-10(19-2)6-4-9/h3-6,11H,7H2,1-2H3,(H,17,18). The highest BCUT2D eigenvalue weighted by atomic mass is 16.5. The highest BCUT2D eigenvalue weighted by molar-refractivity contribution is 6.38. The molecule has 0 saturated carbocycles. The van der Waals surface area contributed by atoms with Gasteiger partial charge in [-0.15, -0.1) is 0 Å². The summed E-state index contributed by atoms with van der Waals surface area (Å²) < 4.78 is 5.05. The summed E-state index contributed by atoms with van der Waals surface area (Å²) in [6.07, 6.45) is 0. The summed E-state index contributed by atoms with van der Waals surface area (Å²) in [5.41, 5.74) is 0.783. The number of methoxy groups -OCH3 is 1. The molecule has 0 aliphatic carbocycles. The SMILES string of the molecule is COc1ccc(C2CN(C(C)=O)N=C2C(=O)O)cc1. The second-order valence-electron chi connectivity index (χ2n) is 4.22. The quantitative estimate of drug-likeness (QED) is 0.884. The van der Waals surface area contributed by atoms with Crippen LogP contribution in [0, 0.1) is 0 Å². The first kappa shape index (κ1) is 13.1. The van der Waals surface area contributed by atoms with Gasteiger partial charge in [0.25, 0.3) is 0 Å². The topological polar surface area (TPSA) is 79.2 Å². The summed E-state index contributed by atoms with van der Waals surface area (Å²) in [6, 6.07) is 7.08. The van der Waals surface area contributed by atoms with E-state index in [9.17, 15) is 9.59 Å². The van der Waals surface area contributed by atoms with Crippen LogP contribution in [-0.2, 0) is 9.59 Å². The van der Waals surface area contributed by atoms with Crippen molar-refractivity contribution in [2.24, 2.45) is 5.10 Å². The van der Waals surface area contributed by atoms with Crippen LogP contribution in [0.5, 0.6) is 5.75 Å². The van der Waals surface area contributed by atoms with Gasteiger partial charge < -0.3 is 9.84 Å². The smallest absolute Gasteiger partial charge is 0.352 e. The zero-order chi connectivity index (χ0) is 14.0. The molecule has 1 aliphatic heterocycles. The Morgan fingerprint density at radius 1 is 1.37 bits per heavy atom. The molecule has 6 heteroatoms. The first-order chi connectivity index (χ1) is 9.02. The van der Waals surface area contributed by atoms with E-state index in [-0.39, 0.29) is 18.2 Å². The van der Waals surface area contributed by atoms with Crippen molar-refractivity contribution < 1.29 is 19.4 Å². The van der Waals surface area contributed by atoms with Gasteiger partial charge in [-0.1, -0.05) is 12.1 Å². The van der Waals surface area contributed by atoms with Gasteiger partial charge >= 0.3 is 5.97 Å². The molecule has 1 atom stereocenters. The monoisotopic (exact) mass is 262 g/mol. The lowest BCUT2D eigenvalue weighted by atomic mass is 9.94. The van der Waals surface area contributed by atoms with Gasteiger partial charge in [-0.2, -0.15) is 5.10 Å². The normalized spacial score (nSPS) is 18.1. The van der Waals surface area contributed by atoms with Crippen molar-refractivity contribution >= 4 is 17.6 Å². The molecule has 100 valence electrons. The average Bonchev–Trinajstić information content (AvgIpc) is 2.84. The molecule has 0 spiro atoms. The van der Waals surface area contributed by atoms with E-state index in [1.165, 1.54) is 11.9 Å². The number of hydrogen-bond acceptors (Lipinski definition) is 4. The fraction of sp³-hybridized carbons (Fsp3) is 0.308. The molecule has 1 aliphatic rings. The van der Waals surface area contributed by atoms with Crippen LogP contribution in [0.25, 0.3) is 0 Å². The molecule has 1 aromatic carbocycles. The molecule has 1 unspecified atom stereocenters. The van der Waals surface area contributed by atoms with Crippen LogP contribution in [0.4, 0.5) is 0 Å². The van der Waals surface area contributed by atoms with Gasteiger partial charge in [0.15, 0.2) is 5.71 Å². The number of carbonyl (C=O) groups excluding carboxylic acids is 1. The number of hydrogen-bond donors (Lipinski definition) is 1. The van der Waals surface area contributed by atoms with E-state index in [4.69, 9.17) is 9.84 Å². The number of carbonyl (C=O) groups is 2. The Morgan fingerprint density at radius 2 is 2.00 bits per heavy atom. The summed E-state index contributed by atoms with van der Waals surface area (Å²) in [5, 5.41) is 14.2. The minimum absolute atomic E-state index is 0.0135. The molecule has 0 radical (unpaired) electrons. The molecule has 1 amide bonds. The summed E-state index contributed by atoms with van der Waals surface area (Å²) in [6.45, 7) is 1.61. The van der Waals surface area contributed by atoms with Gasteiger partial charge in [0.1, 0.15) is 5.75 Å². The second-order valence-corrected chi connectivity index (χ2v) is 4.22. The summed E-state index contributed by atoms with van der Waals surface area (Å²) >= 11 is 0. The fourth-order valence-electron chi connectivity index (χ4n) is 1.99. The largest absolute Gasteiger partial charge is 0.497 e. The predicted molar refractivity (Wildman–Crippen MR) is 68.2 cm³/mol. The summed E-state index contributed by atoms with van der Waals surface area (Å²) in [5.74, 6) is -1.09. The molecule has 1 N–H and O–H groups in total. The van der Waals surface area contributed by atoms with E-state index in [1.54, 1.807) is 31.4 Å². The van der Waals surface area contributed by atoms with Gasteiger partial charge in [0.2, 0.25) is 5.91 Å². The summed E-state index contributed by atoms with van der Waals surface area (Å²) in [7, 11) is 1.56. The Hall–Kier alpha value is -2.37. The molecule has 19 heavy (non-hydrogen) atoms. The van der Waals surface area contributed by atoms with Crippen LogP contribution < -0.4 is 4.74 Å². The second kappa shape index (κ2) is 5.09. The van der Waals surface area contributed by atoms with Crippen LogP contribution in [0.15, 0.2) is 29.4 Å². The van der Waals surface area contributed by atoms with E-state index < -0.39 is 11.9 Å². The first-order valence-electron chi connectivity index (χ1n) is 5.76. The maximum atomic E-state index is 11.3. The van der Waals surface area contributed by atoms with Crippen molar-refractivity contribution in [2.45, 2.75) is 12.8 Å². The predicted octanol–water partition coefficient (Wildman–Crippen LogP) is 1.08. The fourth-order valence-corrected chi connectivity index (χ4v) is 1.99. The van der Waals surface area contributed by atoms with E-state index in [1.807, 2.05) is 0 Å². The van der Waals surface area contributed by atoms with Crippen molar-refractivity contribution in [1.29, 1.82) is 0 Å². The number of carboxylic acids is 1. The highest BCUT2D eigenvalue weighted by Gasteiger charge is 2.34. The molecule has 1 aromatic rings. The minimum Gasteiger partial charge on any atom is -0.497 e. The van der Waals surface area contributed by atoms with Crippen LogP contribution in [0.3, 0.4) is 0 Å². The lowest BCUT2D eigenvalue weighted by molar-refractivity contribution is -0.129. The van der Waals surface area contributed by atoms with Crippen LogP contribution >= 0.6 is 0 Å². The van der Waals surface area contributed by atoms with Gasteiger partial charge in [-0.25, -0.2) is 9.80 Å². The Labute approximate surface area is 110 Å². The highest BCUT2D eigenvalue weighted by Crippen LogP contribution is 2.26. The maximum Gasteiger partial charge on any atom is 0.352 e. The molecular weight excluding hydrogens is 248 g/mol. The molecule has 0 saturated heterocycles. The van der Waals surface area contributed by atoms with E-state index in [2.05, 4.69) is 5.10 Å². The number of nitrogens with zero attached hydrogens (tertiary/aromatic N) is 2. The average molecular weight is 262 g/mol. The Morgan fingerprint density at radius 3 is 2.47 bits per heavy atom. The van der Waals surface area contributed by atoms with Gasteiger partial charge in [0, 0.05) is 6.92 Å². The molecule has 0 aromatic heterocycles. The number of benzene rings is 1. The van der Waals surface area contributed by atoms with Gasteiger partial charge in [0.05, 0.1) is 19.6 Å². The Bertz CT molecular complexity index is 536. The van der Waals surface area contributed by atoms with Crippen molar-refractivity contribution in [3.05, 3.63) is 29.8 Å². The third-order valence-corrected chi connectivity index (χ3v) is 3.01. The number of rotatable bonds is 3. The minimum atomic E-state index is -1.11. The van der Waals surface area contributed by atoms with Gasteiger partial charge in [-0.3, -0.25) is 4.79 Å². The Balaban J connectivity index is 2.30. The van der Waals surface area contributed by atoms with E-state index in [0.29, 0.717) is 5.75 Å². The van der Waals surface area contributed by atoms with E-state index >= 15 is 0 Å². The van der Waals surface area contributed by atoms with Crippen LogP contribution in [0.2, 0.25) is 0 Å². The van der Waals surface area contributed by atoms with Gasteiger partial charge in [-0.05, 0) is 17.7 Å². The Kier molecular flexibility index (Phi) is 3.50. The number of ether oxygens (including phenoxy) is 1. The zero-order valence-corrected chi connectivity index (χ0v) is 10.7. The van der Waals surface area contributed by atoms with E-state index in [0.717, 1.165) is 5.56 Å². The lowest BCUT2D eigenvalue weighted by Gasteiger charge is -2.13. The van der Waals surface area contributed by atoms with Crippen LogP contribution in [0.1, 0.15) is 18.4 Å². The van der Waals surface area contributed by atoms with Crippen molar-refractivity contribution in [2.75, 3.05) is 13.7 Å². The van der Waals surface area contributed by atoms with Crippen molar-refractivity contribution in [1.82, 2.24) is 5.01 Å². The molecule has 0 bridgehead atoms. The molecular formula is C13H14N2O4. The lowest BCUT2D eigenvalue weighted by Crippen LogP contribution is -2.24. The summed E-state index contributed by atoms with van der Waals surface area (Å²) in [4.78, 5) is 22.5. The maximum absolute atomic E-state index is 11.3. The number of hydrazone groups is 1. The number of carboxylic acid groups (broad SMARTS) is 1. The van der Waals surface area contributed by atoms with Crippen LogP contribution in [-0.4, -0.2) is 41.4 Å². The molecule has 6 nitrogen and oxygen atoms in total. The molecule has 2 rings (SSSR count). The van der Waals surface area contributed by atoms with Crippen molar-refractivity contribution in [3.63, 3.8) is 0 Å².